The van der Waals surface area contributed by atoms with Gasteiger partial charge in [-0.2, -0.15) is 0 Å². The average Bonchev–Trinajstić information content (AvgIpc) is 2.26. The van der Waals surface area contributed by atoms with Gasteiger partial charge in [-0.3, -0.25) is 19.2 Å². The van der Waals surface area contributed by atoms with E-state index in [2.05, 4.69) is 0 Å². The molecule has 0 rings (SSSR count). The Kier molecular flexibility index (Phi) is 6.53. The summed E-state index contributed by atoms with van der Waals surface area (Å²) in [6.07, 6.45) is -1.13. The molecule has 0 heterocycles. The van der Waals surface area contributed by atoms with E-state index < -0.39 is 54.5 Å². The van der Waals surface area contributed by atoms with Gasteiger partial charge < -0.3 is 20.4 Å². The number of carboxylic acids is 4. The normalized spacial score (nSPS) is 15.2. The highest BCUT2D eigenvalue weighted by molar-refractivity contribution is 5.84. The van der Waals surface area contributed by atoms with Gasteiger partial charge in [-0.15, -0.1) is 0 Å². The van der Waals surface area contributed by atoms with Gasteiger partial charge in [0.2, 0.25) is 0 Å². The fourth-order valence-corrected chi connectivity index (χ4v) is 1.78. The zero-order valence-electron chi connectivity index (χ0n) is 10.3. The van der Waals surface area contributed by atoms with Gasteiger partial charge in [0.1, 0.15) is 0 Å². The van der Waals surface area contributed by atoms with Crippen LogP contribution in [0.15, 0.2) is 0 Å². The summed E-state index contributed by atoms with van der Waals surface area (Å²) >= 11 is 0. The van der Waals surface area contributed by atoms with Gasteiger partial charge in [-0.05, 0) is 12.8 Å². The first kappa shape index (κ1) is 16.9. The van der Waals surface area contributed by atoms with Crippen molar-refractivity contribution in [2.24, 2.45) is 17.8 Å². The van der Waals surface area contributed by atoms with Crippen LogP contribution in [0.1, 0.15) is 26.2 Å². The van der Waals surface area contributed by atoms with Crippen LogP contribution in [-0.2, 0) is 19.2 Å². The predicted octanol–water partition coefficient (Wildman–Crippen LogP) is 0.364. The minimum absolute atomic E-state index is 0.137. The molecule has 4 N–H and O–H groups in total. The molecule has 0 bridgehead atoms. The van der Waals surface area contributed by atoms with E-state index >= 15 is 0 Å². The third-order valence-electron chi connectivity index (χ3n) is 2.90. The number of hydrogen-bond donors (Lipinski definition) is 4. The highest BCUT2D eigenvalue weighted by atomic mass is 16.4. The predicted molar refractivity (Wildman–Crippen MR) is 60.5 cm³/mol. The van der Waals surface area contributed by atoms with E-state index in [-0.39, 0.29) is 6.42 Å². The van der Waals surface area contributed by atoms with Gasteiger partial charge in [0.25, 0.3) is 0 Å². The van der Waals surface area contributed by atoms with Gasteiger partial charge in [-0.25, -0.2) is 0 Å². The summed E-state index contributed by atoms with van der Waals surface area (Å²) < 4.78 is 0. The van der Waals surface area contributed by atoms with Crippen LogP contribution in [-0.4, -0.2) is 44.3 Å². The molecule has 0 aliphatic rings. The van der Waals surface area contributed by atoms with E-state index in [1.807, 2.05) is 0 Å². The maximum Gasteiger partial charge on any atom is 0.307 e. The molecular formula is C11H16O8. The molecule has 8 nitrogen and oxygen atoms in total. The largest absolute Gasteiger partial charge is 0.481 e. The van der Waals surface area contributed by atoms with Crippen molar-refractivity contribution in [3.05, 3.63) is 0 Å². The van der Waals surface area contributed by atoms with E-state index in [0.717, 1.165) is 0 Å². The molecule has 0 amide bonds. The highest BCUT2D eigenvalue weighted by Gasteiger charge is 2.38. The average molecular weight is 276 g/mol. The third kappa shape index (κ3) is 5.36. The monoisotopic (exact) mass is 276 g/mol. The number of aliphatic carboxylic acids is 4. The van der Waals surface area contributed by atoms with Crippen molar-refractivity contribution < 1.29 is 39.6 Å². The van der Waals surface area contributed by atoms with Crippen molar-refractivity contribution in [2.45, 2.75) is 26.2 Å². The van der Waals surface area contributed by atoms with E-state index in [1.165, 1.54) is 6.92 Å². The molecule has 0 spiro atoms. The van der Waals surface area contributed by atoms with Gasteiger partial charge >= 0.3 is 23.9 Å². The molecule has 19 heavy (non-hydrogen) atoms. The first-order chi connectivity index (χ1) is 8.70. The third-order valence-corrected chi connectivity index (χ3v) is 2.90. The summed E-state index contributed by atoms with van der Waals surface area (Å²) in [7, 11) is 0. The van der Waals surface area contributed by atoms with Crippen LogP contribution >= 0.6 is 0 Å². The topological polar surface area (TPSA) is 149 Å². The molecule has 3 unspecified atom stereocenters. The van der Waals surface area contributed by atoms with Crippen LogP contribution in [0.25, 0.3) is 0 Å². The zero-order chi connectivity index (χ0) is 15.2. The van der Waals surface area contributed by atoms with Gasteiger partial charge in [0, 0.05) is 0 Å². The van der Waals surface area contributed by atoms with Gasteiger partial charge in [0.05, 0.1) is 24.2 Å². The minimum Gasteiger partial charge on any atom is -0.481 e. The quantitative estimate of drug-likeness (QED) is 0.471. The summed E-state index contributed by atoms with van der Waals surface area (Å²) in [4.78, 5) is 43.4. The second-order valence-electron chi connectivity index (χ2n) is 4.17. The Balaban J connectivity index is 5.14. The number of carboxylic acid groups (broad SMARTS) is 4. The van der Waals surface area contributed by atoms with Crippen LogP contribution < -0.4 is 0 Å². The molecule has 0 aromatic rings. The molecule has 0 aromatic carbocycles. The molecule has 0 aliphatic carbocycles. The molecule has 8 heteroatoms. The Morgan fingerprint density at radius 3 is 1.58 bits per heavy atom. The SMILES string of the molecule is CCC(CC(C(=O)O)C(CC(=O)O)C(=O)O)C(=O)O. The fraction of sp³-hybridized carbons (Fsp3) is 0.636. The molecule has 0 radical (unpaired) electrons. The standard InChI is InChI=1S/C11H16O8/c1-2-5(9(14)15)3-6(10(16)17)7(11(18)19)4-8(12)13/h5-7H,2-4H2,1H3,(H,12,13)(H,14,15)(H,16,17)(H,18,19). The Morgan fingerprint density at radius 2 is 1.32 bits per heavy atom. The molecule has 0 aliphatic heterocycles. The lowest BCUT2D eigenvalue weighted by molar-refractivity contribution is -0.158. The Labute approximate surface area is 108 Å². The number of hydrogen-bond acceptors (Lipinski definition) is 4. The summed E-state index contributed by atoms with van der Waals surface area (Å²) in [6.45, 7) is 1.53. The van der Waals surface area contributed by atoms with Crippen molar-refractivity contribution in [1.82, 2.24) is 0 Å². The Morgan fingerprint density at radius 1 is 0.842 bits per heavy atom. The van der Waals surface area contributed by atoms with E-state index in [1.54, 1.807) is 0 Å². The van der Waals surface area contributed by atoms with E-state index in [9.17, 15) is 19.2 Å². The van der Waals surface area contributed by atoms with Crippen LogP contribution in [0.4, 0.5) is 0 Å². The second kappa shape index (κ2) is 7.34. The second-order valence-corrected chi connectivity index (χ2v) is 4.17. The summed E-state index contributed by atoms with van der Waals surface area (Å²) in [6, 6.07) is 0. The molecular weight excluding hydrogens is 260 g/mol. The maximum atomic E-state index is 11.1. The Hall–Kier alpha value is -2.12. The molecule has 3 atom stereocenters. The highest BCUT2D eigenvalue weighted by Crippen LogP contribution is 2.26. The molecule has 0 saturated heterocycles. The van der Waals surface area contributed by atoms with Gasteiger partial charge in [-0.1, -0.05) is 6.92 Å². The van der Waals surface area contributed by atoms with Crippen molar-refractivity contribution in [3.63, 3.8) is 0 Å². The van der Waals surface area contributed by atoms with Crippen LogP contribution in [0.3, 0.4) is 0 Å². The lowest BCUT2D eigenvalue weighted by Crippen LogP contribution is -2.34. The van der Waals surface area contributed by atoms with E-state index in [4.69, 9.17) is 20.4 Å². The van der Waals surface area contributed by atoms with Crippen molar-refractivity contribution in [2.75, 3.05) is 0 Å². The van der Waals surface area contributed by atoms with Crippen LogP contribution in [0, 0.1) is 17.8 Å². The summed E-state index contributed by atoms with van der Waals surface area (Å²) in [5.74, 6) is -9.95. The molecule has 108 valence electrons. The van der Waals surface area contributed by atoms with Gasteiger partial charge in [0.15, 0.2) is 0 Å². The number of carbonyl (C=O) groups is 4. The molecule has 0 fully saturated rings. The maximum absolute atomic E-state index is 11.1. The van der Waals surface area contributed by atoms with Crippen LogP contribution in [0.2, 0.25) is 0 Å². The number of rotatable bonds is 9. The first-order valence-corrected chi connectivity index (χ1v) is 5.60. The molecule has 0 aromatic heterocycles. The molecule has 0 saturated carbocycles. The first-order valence-electron chi connectivity index (χ1n) is 5.60. The smallest absolute Gasteiger partial charge is 0.307 e. The minimum atomic E-state index is -1.65. The lowest BCUT2D eigenvalue weighted by Gasteiger charge is -2.21. The van der Waals surface area contributed by atoms with Crippen molar-refractivity contribution in [3.8, 4) is 0 Å². The fourth-order valence-electron chi connectivity index (χ4n) is 1.78. The lowest BCUT2D eigenvalue weighted by atomic mass is 9.81. The zero-order valence-corrected chi connectivity index (χ0v) is 10.3. The summed E-state index contributed by atoms with van der Waals surface area (Å²) in [5, 5.41) is 35.3. The van der Waals surface area contributed by atoms with Crippen LogP contribution in [0.5, 0.6) is 0 Å². The summed E-state index contributed by atoms with van der Waals surface area (Å²) in [5.41, 5.74) is 0. The van der Waals surface area contributed by atoms with Crippen molar-refractivity contribution in [1.29, 1.82) is 0 Å². The van der Waals surface area contributed by atoms with E-state index in [0.29, 0.717) is 0 Å². The van der Waals surface area contributed by atoms with Crippen molar-refractivity contribution >= 4 is 23.9 Å². The Bertz CT molecular complexity index is 375.